The van der Waals surface area contributed by atoms with Crippen LogP contribution in [-0.2, 0) is 13.1 Å². The Morgan fingerprint density at radius 3 is 3.00 bits per heavy atom. The molecule has 0 spiro atoms. The molecule has 0 saturated heterocycles. The second-order valence-corrected chi connectivity index (χ2v) is 2.97. The second kappa shape index (κ2) is 3.15. The lowest BCUT2D eigenvalue weighted by Crippen LogP contribution is -1.99. The quantitative estimate of drug-likeness (QED) is 0.716. The Labute approximate surface area is 72.5 Å². The first kappa shape index (κ1) is 7.62. The van der Waals surface area contributed by atoms with Crippen molar-refractivity contribution in [1.82, 2.24) is 5.32 Å². The maximum Gasteiger partial charge on any atom is 0.119 e. The van der Waals surface area contributed by atoms with Gasteiger partial charge in [0.05, 0.1) is 6.61 Å². The van der Waals surface area contributed by atoms with Crippen molar-refractivity contribution in [3.8, 4) is 5.75 Å². The maximum absolute atomic E-state index is 5.40. The topological polar surface area (TPSA) is 21.3 Å². The maximum atomic E-state index is 5.40. The van der Waals surface area contributed by atoms with E-state index in [9.17, 15) is 0 Å². The van der Waals surface area contributed by atoms with Crippen LogP contribution in [0.25, 0.3) is 0 Å². The molecule has 0 radical (unpaired) electrons. The van der Waals surface area contributed by atoms with Crippen LogP contribution in [0.2, 0.25) is 0 Å². The molecular weight excluding hydrogens is 150 g/mol. The number of rotatable bonds is 2. The summed E-state index contributed by atoms with van der Waals surface area (Å²) in [5, 5.41) is 3.30. The van der Waals surface area contributed by atoms with Gasteiger partial charge >= 0.3 is 0 Å². The van der Waals surface area contributed by atoms with Crippen LogP contribution >= 0.6 is 0 Å². The molecule has 0 aromatic heterocycles. The van der Waals surface area contributed by atoms with Crippen molar-refractivity contribution in [2.24, 2.45) is 0 Å². The van der Waals surface area contributed by atoms with Crippen LogP contribution in [-0.4, -0.2) is 6.61 Å². The van der Waals surface area contributed by atoms with Gasteiger partial charge in [-0.3, -0.25) is 0 Å². The molecule has 0 atom stereocenters. The summed E-state index contributed by atoms with van der Waals surface area (Å²) < 4.78 is 5.40. The SMILES string of the molecule is CCOc1ccc2c(c1)CNC2. The summed E-state index contributed by atoms with van der Waals surface area (Å²) in [4.78, 5) is 0. The fourth-order valence-electron chi connectivity index (χ4n) is 1.53. The first-order valence-corrected chi connectivity index (χ1v) is 4.35. The molecule has 1 aliphatic heterocycles. The van der Waals surface area contributed by atoms with E-state index in [-0.39, 0.29) is 0 Å². The lowest BCUT2D eigenvalue weighted by molar-refractivity contribution is 0.340. The average molecular weight is 163 g/mol. The third-order valence-electron chi connectivity index (χ3n) is 2.12. The Morgan fingerprint density at radius 1 is 1.33 bits per heavy atom. The Morgan fingerprint density at radius 2 is 2.17 bits per heavy atom. The Kier molecular flexibility index (Phi) is 2.00. The molecule has 1 heterocycles. The molecule has 1 aromatic carbocycles. The van der Waals surface area contributed by atoms with Gasteiger partial charge in [0.2, 0.25) is 0 Å². The van der Waals surface area contributed by atoms with E-state index in [1.807, 2.05) is 13.0 Å². The van der Waals surface area contributed by atoms with E-state index in [0.717, 1.165) is 25.4 Å². The number of hydrogen-bond acceptors (Lipinski definition) is 2. The van der Waals surface area contributed by atoms with Crippen molar-refractivity contribution in [2.45, 2.75) is 20.0 Å². The molecule has 2 nitrogen and oxygen atoms in total. The van der Waals surface area contributed by atoms with Gasteiger partial charge in [0, 0.05) is 13.1 Å². The van der Waals surface area contributed by atoms with Gasteiger partial charge in [0.25, 0.3) is 0 Å². The number of fused-ring (bicyclic) bond motifs is 1. The predicted octanol–water partition coefficient (Wildman–Crippen LogP) is 1.69. The lowest BCUT2D eigenvalue weighted by atomic mass is 10.1. The number of hydrogen-bond donors (Lipinski definition) is 1. The highest BCUT2D eigenvalue weighted by Gasteiger charge is 2.09. The molecule has 2 rings (SSSR count). The van der Waals surface area contributed by atoms with E-state index in [0.29, 0.717) is 0 Å². The summed E-state index contributed by atoms with van der Waals surface area (Å²) in [7, 11) is 0. The lowest BCUT2D eigenvalue weighted by Gasteiger charge is -2.04. The number of benzene rings is 1. The summed E-state index contributed by atoms with van der Waals surface area (Å²) in [6.07, 6.45) is 0. The van der Waals surface area contributed by atoms with E-state index in [2.05, 4.69) is 17.4 Å². The summed E-state index contributed by atoms with van der Waals surface area (Å²) in [5.74, 6) is 0.986. The van der Waals surface area contributed by atoms with Gasteiger partial charge in [-0.05, 0) is 30.2 Å². The third kappa shape index (κ3) is 1.30. The van der Waals surface area contributed by atoms with E-state index in [1.165, 1.54) is 11.1 Å². The van der Waals surface area contributed by atoms with Crippen LogP contribution in [0.5, 0.6) is 5.75 Å². The Bertz CT molecular complexity index is 283. The highest BCUT2D eigenvalue weighted by Crippen LogP contribution is 2.21. The molecule has 0 fully saturated rings. The van der Waals surface area contributed by atoms with Crippen molar-refractivity contribution in [3.05, 3.63) is 29.3 Å². The highest BCUT2D eigenvalue weighted by molar-refractivity contribution is 5.37. The van der Waals surface area contributed by atoms with Crippen molar-refractivity contribution in [3.63, 3.8) is 0 Å². The molecule has 0 unspecified atom stereocenters. The van der Waals surface area contributed by atoms with Crippen LogP contribution in [0.15, 0.2) is 18.2 Å². The van der Waals surface area contributed by atoms with Gasteiger partial charge in [-0.2, -0.15) is 0 Å². The normalized spacial score (nSPS) is 14.4. The molecule has 64 valence electrons. The standard InChI is InChI=1S/C10H13NO/c1-2-12-10-4-3-8-6-11-7-9(8)5-10/h3-5,11H,2,6-7H2,1H3. The number of ether oxygens (including phenoxy) is 1. The smallest absolute Gasteiger partial charge is 0.119 e. The van der Waals surface area contributed by atoms with Gasteiger partial charge in [0.15, 0.2) is 0 Å². The third-order valence-corrected chi connectivity index (χ3v) is 2.12. The first-order valence-electron chi connectivity index (χ1n) is 4.35. The van der Waals surface area contributed by atoms with Crippen molar-refractivity contribution >= 4 is 0 Å². The molecule has 2 heteroatoms. The largest absolute Gasteiger partial charge is 0.494 e. The summed E-state index contributed by atoms with van der Waals surface area (Å²) >= 11 is 0. The molecule has 0 saturated carbocycles. The minimum atomic E-state index is 0.742. The molecule has 12 heavy (non-hydrogen) atoms. The van der Waals surface area contributed by atoms with Crippen molar-refractivity contribution in [1.29, 1.82) is 0 Å². The van der Waals surface area contributed by atoms with Gasteiger partial charge in [-0.25, -0.2) is 0 Å². The van der Waals surface area contributed by atoms with Gasteiger partial charge < -0.3 is 10.1 Å². The molecule has 1 N–H and O–H groups in total. The van der Waals surface area contributed by atoms with E-state index in [4.69, 9.17) is 4.74 Å². The predicted molar refractivity (Wildman–Crippen MR) is 48.2 cm³/mol. The highest BCUT2D eigenvalue weighted by atomic mass is 16.5. The van der Waals surface area contributed by atoms with E-state index in [1.54, 1.807) is 0 Å². The zero-order valence-electron chi connectivity index (χ0n) is 7.26. The molecule has 0 amide bonds. The minimum Gasteiger partial charge on any atom is -0.494 e. The molecule has 0 bridgehead atoms. The molecule has 1 aromatic rings. The fourth-order valence-corrected chi connectivity index (χ4v) is 1.53. The summed E-state index contributed by atoms with van der Waals surface area (Å²) in [6, 6.07) is 6.30. The van der Waals surface area contributed by atoms with Gasteiger partial charge in [-0.15, -0.1) is 0 Å². The minimum absolute atomic E-state index is 0.742. The van der Waals surface area contributed by atoms with Crippen LogP contribution < -0.4 is 10.1 Å². The Hall–Kier alpha value is -1.02. The van der Waals surface area contributed by atoms with E-state index >= 15 is 0 Å². The summed E-state index contributed by atoms with van der Waals surface area (Å²) in [6.45, 7) is 4.73. The summed E-state index contributed by atoms with van der Waals surface area (Å²) in [5.41, 5.74) is 2.78. The molecular formula is C10H13NO. The fraction of sp³-hybridized carbons (Fsp3) is 0.400. The monoisotopic (exact) mass is 163 g/mol. The number of nitrogens with one attached hydrogen (secondary N) is 1. The van der Waals surface area contributed by atoms with Crippen LogP contribution in [0.4, 0.5) is 0 Å². The van der Waals surface area contributed by atoms with Crippen molar-refractivity contribution in [2.75, 3.05) is 6.61 Å². The van der Waals surface area contributed by atoms with Crippen LogP contribution in [0, 0.1) is 0 Å². The van der Waals surface area contributed by atoms with Gasteiger partial charge in [0.1, 0.15) is 5.75 Å². The van der Waals surface area contributed by atoms with Crippen molar-refractivity contribution < 1.29 is 4.74 Å². The second-order valence-electron chi connectivity index (χ2n) is 2.97. The molecule has 0 aliphatic carbocycles. The van der Waals surface area contributed by atoms with E-state index < -0.39 is 0 Å². The van der Waals surface area contributed by atoms with Gasteiger partial charge in [-0.1, -0.05) is 6.07 Å². The zero-order valence-corrected chi connectivity index (χ0v) is 7.26. The molecule has 1 aliphatic rings. The first-order chi connectivity index (χ1) is 5.90. The van der Waals surface area contributed by atoms with Crippen LogP contribution in [0.3, 0.4) is 0 Å². The Balaban J connectivity index is 2.26. The average Bonchev–Trinajstić information content (AvgIpc) is 2.51. The zero-order chi connectivity index (χ0) is 8.39. The van der Waals surface area contributed by atoms with Crippen LogP contribution in [0.1, 0.15) is 18.1 Å².